The highest BCUT2D eigenvalue weighted by atomic mass is 16.6. The van der Waals surface area contributed by atoms with E-state index >= 15 is 0 Å². The number of nitrogen functional groups attached to an aromatic ring is 1. The predicted octanol–water partition coefficient (Wildman–Crippen LogP) is 3.28. The lowest BCUT2D eigenvalue weighted by Crippen LogP contribution is -2.44. The van der Waals surface area contributed by atoms with Crippen LogP contribution in [0.2, 0.25) is 0 Å². The number of aliphatic hydroxyl groups is 3. The summed E-state index contributed by atoms with van der Waals surface area (Å²) >= 11 is 0. The summed E-state index contributed by atoms with van der Waals surface area (Å²) in [6, 6.07) is 17.8. The van der Waals surface area contributed by atoms with Crippen LogP contribution in [0.5, 0.6) is 5.75 Å². The minimum absolute atomic E-state index is 0.0612. The Morgan fingerprint density at radius 2 is 2.00 bits per heavy atom. The molecule has 2 aromatic carbocycles. The van der Waals surface area contributed by atoms with Crippen LogP contribution in [0.25, 0.3) is 22.2 Å². The molecule has 13 nitrogen and oxygen atoms in total. The maximum absolute atomic E-state index is 11.7. The Kier molecular flexibility index (Phi) is 10.0. The molecule has 0 amide bonds. The number of esters is 1. The molecule has 3 heterocycles. The molecular formula is C33H38N6O7. The monoisotopic (exact) mass is 630 g/mol. The molecule has 0 spiro atoms. The third-order valence-corrected chi connectivity index (χ3v) is 8.02. The molecule has 46 heavy (non-hydrogen) atoms. The smallest absolute Gasteiger partial charge is 0.305 e. The largest absolute Gasteiger partial charge is 0.493 e. The van der Waals surface area contributed by atoms with Crippen LogP contribution in [0, 0.1) is 11.3 Å². The zero-order chi connectivity index (χ0) is 32.8. The van der Waals surface area contributed by atoms with Crippen LogP contribution in [0.3, 0.4) is 0 Å². The van der Waals surface area contributed by atoms with Gasteiger partial charge in [0.05, 0.1) is 25.2 Å². The fraction of sp³-hybridized carbons (Fsp3) is 0.394. The van der Waals surface area contributed by atoms with Crippen LogP contribution in [0.1, 0.15) is 50.5 Å². The number of carbonyl (C=O) groups excluding carboxylic acids is 1. The topological polar surface area (TPSA) is 198 Å². The lowest BCUT2D eigenvalue weighted by atomic mass is 9.96. The maximum atomic E-state index is 11.7. The van der Waals surface area contributed by atoms with Gasteiger partial charge >= 0.3 is 5.97 Å². The second-order valence-electron chi connectivity index (χ2n) is 11.2. The number of anilines is 2. The summed E-state index contributed by atoms with van der Waals surface area (Å²) in [5.74, 6) is 0.725. The number of ether oxygens (including phenoxy) is 3. The average Bonchev–Trinajstić information content (AvgIpc) is 3.49. The van der Waals surface area contributed by atoms with Gasteiger partial charge in [-0.2, -0.15) is 5.26 Å². The van der Waals surface area contributed by atoms with E-state index in [0.29, 0.717) is 38.2 Å². The molecule has 242 valence electrons. The van der Waals surface area contributed by atoms with E-state index in [-0.39, 0.29) is 40.7 Å². The molecular weight excluding hydrogens is 592 g/mol. The van der Waals surface area contributed by atoms with Crippen molar-refractivity contribution in [2.45, 2.75) is 63.7 Å². The van der Waals surface area contributed by atoms with Gasteiger partial charge in [-0.3, -0.25) is 9.36 Å². The molecule has 0 radical (unpaired) electrons. The van der Waals surface area contributed by atoms with E-state index < -0.39 is 30.6 Å². The van der Waals surface area contributed by atoms with Gasteiger partial charge in [-0.05, 0) is 43.9 Å². The molecule has 0 bridgehead atoms. The first-order valence-electron chi connectivity index (χ1n) is 15.1. The highest BCUT2D eigenvalue weighted by Crippen LogP contribution is 2.44. The Hall–Kier alpha value is -4.74. The third-order valence-electron chi connectivity index (χ3n) is 8.02. The number of aromatic nitrogens is 3. The number of unbranched alkanes of at least 4 members (excludes halogenated alkanes) is 1. The Bertz CT molecular complexity index is 1720. The Morgan fingerprint density at radius 1 is 1.22 bits per heavy atom. The lowest BCUT2D eigenvalue weighted by Gasteiger charge is -2.29. The van der Waals surface area contributed by atoms with Crippen LogP contribution in [0.4, 0.5) is 11.6 Å². The van der Waals surface area contributed by atoms with Crippen LogP contribution in [-0.4, -0.2) is 73.5 Å². The number of nitrogens with two attached hydrogens (primary N) is 1. The van der Waals surface area contributed by atoms with Crippen molar-refractivity contribution in [3.63, 3.8) is 0 Å². The number of nitrogens with one attached hydrogen (secondary N) is 1. The van der Waals surface area contributed by atoms with Gasteiger partial charge in [0.25, 0.3) is 0 Å². The fourth-order valence-corrected chi connectivity index (χ4v) is 5.66. The van der Waals surface area contributed by atoms with E-state index in [0.717, 1.165) is 16.7 Å². The van der Waals surface area contributed by atoms with Crippen molar-refractivity contribution in [1.82, 2.24) is 14.5 Å². The molecule has 5 rings (SSSR count). The van der Waals surface area contributed by atoms with Crippen molar-refractivity contribution in [2.24, 2.45) is 0 Å². The quantitative estimate of drug-likeness (QED) is 0.107. The van der Waals surface area contributed by atoms with Gasteiger partial charge in [-0.1, -0.05) is 42.5 Å². The van der Waals surface area contributed by atoms with Crippen molar-refractivity contribution in [3.8, 4) is 22.9 Å². The summed E-state index contributed by atoms with van der Waals surface area (Å²) in [5, 5.41) is 45.6. The number of benzene rings is 2. The Morgan fingerprint density at radius 3 is 2.70 bits per heavy atom. The molecule has 1 fully saturated rings. The van der Waals surface area contributed by atoms with Gasteiger partial charge in [-0.15, -0.1) is 0 Å². The number of rotatable bonds is 13. The second-order valence-corrected chi connectivity index (χ2v) is 11.2. The van der Waals surface area contributed by atoms with Gasteiger partial charge in [0.1, 0.15) is 53.2 Å². The first-order valence-corrected chi connectivity index (χ1v) is 15.1. The number of nitriles is 1. The Balaban J connectivity index is 1.46. The molecule has 0 unspecified atom stereocenters. The summed E-state index contributed by atoms with van der Waals surface area (Å²) in [7, 11) is 0. The van der Waals surface area contributed by atoms with Crippen molar-refractivity contribution in [2.75, 3.05) is 30.9 Å². The van der Waals surface area contributed by atoms with Gasteiger partial charge in [-0.25, -0.2) is 9.97 Å². The molecule has 6 N–H and O–H groups in total. The van der Waals surface area contributed by atoms with Crippen LogP contribution in [0.15, 0.2) is 54.9 Å². The van der Waals surface area contributed by atoms with Gasteiger partial charge < -0.3 is 40.6 Å². The van der Waals surface area contributed by atoms with E-state index in [1.807, 2.05) is 48.5 Å². The van der Waals surface area contributed by atoms with E-state index in [1.54, 1.807) is 6.92 Å². The molecule has 1 aliphatic rings. The molecule has 13 heteroatoms. The average molecular weight is 631 g/mol. The lowest BCUT2D eigenvalue weighted by molar-refractivity contribution is -0.143. The number of fused-ring (bicyclic) bond motifs is 1. The van der Waals surface area contributed by atoms with Crippen molar-refractivity contribution in [1.29, 1.82) is 5.26 Å². The zero-order valence-electron chi connectivity index (χ0n) is 25.7. The maximum Gasteiger partial charge on any atom is 0.305 e. The van der Waals surface area contributed by atoms with E-state index in [1.165, 1.54) is 17.8 Å². The minimum Gasteiger partial charge on any atom is -0.493 e. The first-order chi connectivity index (χ1) is 22.2. The van der Waals surface area contributed by atoms with Gasteiger partial charge in [0, 0.05) is 18.5 Å². The number of nitrogens with zero attached hydrogens (tertiary/aromatic N) is 4. The SMILES string of the molecule is CCOC(=O)CCCCOc1cc(CNc2c(C#N)c3c(N)ncnc3n2[C@@H]2O[C@H](CO)[C@@H](O)[C@@]2(C)O)ccc1-c1ccccc1. The second kappa shape index (κ2) is 14.1. The zero-order valence-corrected chi connectivity index (χ0v) is 25.7. The number of carbonyl (C=O) groups is 1. The third kappa shape index (κ3) is 6.47. The molecule has 4 aromatic rings. The minimum atomic E-state index is -1.85. The predicted molar refractivity (Wildman–Crippen MR) is 169 cm³/mol. The van der Waals surface area contributed by atoms with E-state index in [9.17, 15) is 25.4 Å². The fourth-order valence-electron chi connectivity index (χ4n) is 5.66. The van der Waals surface area contributed by atoms with Crippen LogP contribution < -0.4 is 15.8 Å². The van der Waals surface area contributed by atoms with Gasteiger partial charge in [0.15, 0.2) is 11.9 Å². The molecule has 0 saturated carbocycles. The number of aliphatic hydroxyl groups excluding tert-OH is 2. The normalized spacial score (nSPS) is 20.8. The first kappa shape index (κ1) is 32.6. The molecule has 2 aromatic heterocycles. The van der Waals surface area contributed by atoms with E-state index in [2.05, 4.69) is 21.4 Å². The summed E-state index contributed by atoms with van der Waals surface area (Å²) < 4.78 is 18.6. The number of hydrogen-bond acceptors (Lipinski definition) is 12. The van der Waals surface area contributed by atoms with Crippen LogP contribution in [-0.2, 0) is 20.8 Å². The molecule has 1 aliphatic heterocycles. The van der Waals surface area contributed by atoms with Crippen LogP contribution >= 0.6 is 0 Å². The summed E-state index contributed by atoms with van der Waals surface area (Å²) in [5.41, 5.74) is 7.36. The summed E-state index contributed by atoms with van der Waals surface area (Å²) in [4.78, 5) is 20.1. The number of hydrogen-bond donors (Lipinski definition) is 5. The highest BCUT2D eigenvalue weighted by Gasteiger charge is 2.54. The Labute approximate surface area is 266 Å². The summed E-state index contributed by atoms with van der Waals surface area (Å²) in [6.07, 6.45) is -0.863. The van der Waals surface area contributed by atoms with Gasteiger partial charge in [0.2, 0.25) is 0 Å². The van der Waals surface area contributed by atoms with Crippen molar-refractivity contribution in [3.05, 3.63) is 66.0 Å². The highest BCUT2D eigenvalue weighted by molar-refractivity contribution is 5.97. The van der Waals surface area contributed by atoms with Crippen molar-refractivity contribution < 1.29 is 34.3 Å². The van der Waals surface area contributed by atoms with Crippen molar-refractivity contribution >= 4 is 28.6 Å². The molecule has 4 atom stereocenters. The van der Waals surface area contributed by atoms with E-state index in [4.69, 9.17) is 19.9 Å². The standard InChI is InChI=1S/C33H38N6O7/c1-3-44-26(41)11-7-8-14-45-24-15-20(12-13-22(24)21-9-5-4-6-10-21)17-36-30-23(16-34)27-29(35)37-19-38-31(27)39(30)32-33(2,43)28(42)25(18-40)46-32/h4-6,9-10,12-13,15,19,25,28,32,36,40,42-43H,3,7-8,11,14,17-18H2,1-2H3,(H2,35,37,38)/t25-,28-,32-,33-/m1/s1. The molecule has 1 saturated heterocycles. The summed E-state index contributed by atoms with van der Waals surface area (Å²) in [6.45, 7) is 3.60. The molecule has 0 aliphatic carbocycles.